The second-order valence-electron chi connectivity index (χ2n) is 6.08. The molecule has 1 unspecified atom stereocenters. The molecule has 2 rings (SSSR count). The number of aryl methyl sites for hydroxylation is 2. The van der Waals surface area contributed by atoms with Crippen molar-refractivity contribution in [2.45, 2.75) is 44.6 Å². The SMILES string of the molecule is Oc1ccc(CCCCC(O)CCc2ccc(O)c(O)c2)cc1O. The van der Waals surface area contributed by atoms with Crippen molar-refractivity contribution in [3.05, 3.63) is 47.5 Å². The fraction of sp³-hybridized carbons (Fsp3) is 0.368. The number of unbranched alkanes of at least 4 members (excludes halogenated alkanes) is 1. The summed E-state index contributed by atoms with van der Waals surface area (Å²) >= 11 is 0. The van der Waals surface area contributed by atoms with E-state index in [2.05, 4.69) is 0 Å². The summed E-state index contributed by atoms with van der Waals surface area (Å²) < 4.78 is 0. The molecule has 2 aromatic rings. The number of phenols is 4. The van der Waals surface area contributed by atoms with Crippen molar-refractivity contribution in [2.75, 3.05) is 0 Å². The molecule has 0 aliphatic rings. The summed E-state index contributed by atoms with van der Waals surface area (Å²) in [5.74, 6) is -0.502. The molecule has 130 valence electrons. The zero-order valence-corrected chi connectivity index (χ0v) is 13.5. The lowest BCUT2D eigenvalue weighted by molar-refractivity contribution is 0.151. The Balaban J connectivity index is 1.66. The molecular formula is C19H24O5. The Kier molecular flexibility index (Phi) is 6.32. The Morgan fingerprint density at radius 1 is 0.625 bits per heavy atom. The van der Waals surface area contributed by atoms with Crippen LogP contribution in [0.2, 0.25) is 0 Å². The Morgan fingerprint density at radius 3 is 1.71 bits per heavy atom. The fourth-order valence-corrected chi connectivity index (χ4v) is 2.64. The molecule has 5 N–H and O–H groups in total. The molecule has 0 saturated heterocycles. The largest absolute Gasteiger partial charge is 0.504 e. The number of phenolic OH excluding ortho intramolecular Hbond substituents is 4. The van der Waals surface area contributed by atoms with E-state index in [1.165, 1.54) is 18.2 Å². The maximum atomic E-state index is 10.0. The van der Waals surface area contributed by atoms with Crippen molar-refractivity contribution < 1.29 is 25.5 Å². The van der Waals surface area contributed by atoms with Gasteiger partial charge in [-0.25, -0.2) is 0 Å². The minimum Gasteiger partial charge on any atom is -0.504 e. The van der Waals surface area contributed by atoms with Gasteiger partial charge < -0.3 is 25.5 Å². The highest BCUT2D eigenvalue weighted by molar-refractivity contribution is 5.41. The minimum absolute atomic E-state index is 0.107. The average molecular weight is 332 g/mol. The standard InChI is InChI=1S/C19H24O5/c20-15(8-5-14-7-10-17(22)19(24)12-14)4-2-1-3-13-6-9-16(21)18(23)11-13/h6-7,9-12,15,20-24H,1-5,8H2. The van der Waals surface area contributed by atoms with Gasteiger partial charge in [-0.1, -0.05) is 18.6 Å². The van der Waals surface area contributed by atoms with Gasteiger partial charge in [0.15, 0.2) is 23.0 Å². The molecule has 0 spiro atoms. The van der Waals surface area contributed by atoms with Crippen LogP contribution >= 0.6 is 0 Å². The predicted molar refractivity (Wildman–Crippen MR) is 91.4 cm³/mol. The molecular weight excluding hydrogens is 308 g/mol. The molecule has 5 heteroatoms. The van der Waals surface area contributed by atoms with E-state index in [0.29, 0.717) is 19.3 Å². The van der Waals surface area contributed by atoms with Crippen LogP contribution in [0.4, 0.5) is 0 Å². The van der Waals surface area contributed by atoms with Crippen molar-refractivity contribution in [3.8, 4) is 23.0 Å². The lowest BCUT2D eigenvalue weighted by Gasteiger charge is -2.11. The van der Waals surface area contributed by atoms with Gasteiger partial charge in [0.05, 0.1) is 6.10 Å². The zero-order valence-electron chi connectivity index (χ0n) is 13.5. The molecule has 0 amide bonds. The highest BCUT2D eigenvalue weighted by Gasteiger charge is 2.07. The zero-order chi connectivity index (χ0) is 17.5. The molecule has 24 heavy (non-hydrogen) atoms. The molecule has 1 atom stereocenters. The average Bonchev–Trinajstić information content (AvgIpc) is 2.56. The highest BCUT2D eigenvalue weighted by atomic mass is 16.3. The van der Waals surface area contributed by atoms with E-state index < -0.39 is 6.10 Å². The summed E-state index contributed by atoms with van der Waals surface area (Å²) in [6, 6.07) is 9.51. The van der Waals surface area contributed by atoms with Gasteiger partial charge in [-0.05, 0) is 67.5 Å². The maximum Gasteiger partial charge on any atom is 0.157 e. The summed E-state index contributed by atoms with van der Waals surface area (Å²) in [5, 5.41) is 47.4. The fourth-order valence-electron chi connectivity index (χ4n) is 2.64. The number of hydrogen-bond acceptors (Lipinski definition) is 5. The van der Waals surface area contributed by atoms with Gasteiger partial charge in [-0.3, -0.25) is 0 Å². The van der Waals surface area contributed by atoms with Crippen molar-refractivity contribution in [3.63, 3.8) is 0 Å². The summed E-state index contributed by atoms with van der Waals surface area (Å²) in [6.07, 6.45) is 4.06. The van der Waals surface area contributed by atoms with Crippen molar-refractivity contribution in [1.82, 2.24) is 0 Å². The molecule has 5 nitrogen and oxygen atoms in total. The molecule has 0 fully saturated rings. The van der Waals surface area contributed by atoms with Crippen LogP contribution in [0, 0.1) is 0 Å². The number of aliphatic hydroxyl groups is 1. The first-order chi connectivity index (χ1) is 11.5. The van der Waals surface area contributed by atoms with Crippen LogP contribution in [-0.2, 0) is 12.8 Å². The number of aliphatic hydroxyl groups excluding tert-OH is 1. The lowest BCUT2D eigenvalue weighted by atomic mass is 10.0. The minimum atomic E-state index is -0.408. The highest BCUT2D eigenvalue weighted by Crippen LogP contribution is 2.27. The van der Waals surface area contributed by atoms with Gasteiger partial charge in [0.25, 0.3) is 0 Å². The molecule has 0 aliphatic carbocycles. The van der Waals surface area contributed by atoms with E-state index in [4.69, 9.17) is 0 Å². The Labute approximate surface area is 141 Å². The third-order valence-electron chi connectivity index (χ3n) is 4.10. The van der Waals surface area contributed by atoms with E-state index in [-0.39, 0.29) is 23.0 Å². The van der Waals surface area contributed by atoms with E-state index in [0.717, 1.165) is 30.4 Å². The molecule has 0 bridgehead atoms. The Morgan fingerprint density at radius 2 is 1.17 bits per heavy atom. The molecule has 0 saturated carbocycles. The first-order valence-corrected chi connectivity index (χ1v) is 8.15. The topological polar surface area (TPSA) is 101 Å². The van der Waals surface area contributed by atoms with E-state index in [1.54, 1.807) is 18.2 Å². The molecule has 0 radical (unpaired) electrons. The third kappa shape index (κ3) is 5.35. The lowest BCUT2D eigenvalue weighted by Crippen LogP contribution is -2.08. The smallest absolute Gasteiger partial charge is 0.157 e. The van der Waals surface area contributed by atoms with E-state index in [1.807, 2.05) is 0 Å². The summed E-state index contributed by atoms with van der Waals surface area (Å²) in [5.41, 5.74) is 1.84. The number of aromatic hydroxyl groups is 4. The van der Waals surface area contributed by atoms with Crippen molar-refractivity contribution in [2.24, 2.45) is 0 Å². The summed E-state index contributed by atoms with van der Waals surface area (Å²) in [6.45, 7) is 0. The van der Waals surface area contributed by atoms with Crippen molar-refractivity contribution >= 4 is 0 Å². The number of rotatable bonds is 8. The second-order valence-corrected chi connectivity index (χ2v) is 6.08. The van der Waals surface area contributed by atoms with Crippen LogP contribution in [-0.4, -0.2) is 31.6 Å². The van der Waals surface area contributed by atoms with Gasteiger partial charge >= 0.3 is 0 Å². The summed E-state index contributed by atoms with van der Waals surface area (Å²) in [4.78, 5) is 0. The van der Waals surface area contributed by atoms with Gasteiger partial charge in [0, 0.05) is 0 Å². The second kappa shape index (κ2) is 8.45. The number of benzene rings is 2. The van der Waals surface area contributed by atoms with Crippen LogP contribution in [0.25, 0.3) is 0 Å². The van der Waals surface area contributed by atoms with Crippen LogP contribution in [0.15, 0.2) is 36.4 Å². The molecule has 0 aromatic heterocycles. The first-order valence-electron chi connectivity index (χ1n) is 8.15. The number of hydrogen-bond donors (Lipinski definition) is 5. The van der Waals surface area contributed by atoms with Gasteiger partial charge in [0.1, 0.15) is 0 Å². The maximum absolute atomic E-state index is 10.0. The van der Waals surface area contributed by atoms with E-state index >= 15 is 0 Å². The van der Waals surface area contributed by atoms with Gasteiger partial charge in [0.2, 0.25) is 0 Å². The third-order valence-corrected chi connectivity index (χ3v) is 4.10. The van der Waals surface area contributed by atoms with Crippen LogP contribution < -0.4 is 0 Å². The van der Waals surface area contributed by atoms with Gasteiger partial charge in [-0.15, -0.1) is 0 Å². The quantitative estimate of drug-likeness (QED) is 0.377. The van der Waals surface area contributed by atoms with Crippen molar-refractivity contribution in [1.29, 1.82) is 0 Å². The van der Waals surface area contributed by atoms with Crippen LogP contribution in [0.1, 0.15) is 36.8 Å². The monoisotopic (exact) mass is 332 g/mol. The molecule has 0 aliphatic heterocycles. The predicted octanol–water partition coefficient (Wildman–Crippen LogP) is 3.22. The Bertz CT molecular complexity index is 669. The first kappa shape index (κ1) is 17.9. The van der Waals surface area contributed by atoms with E-state index in [9.17, 15) is 25.5 Å². The van der Waals surface area contributed by atoms with Crippen LogP contribution in [0.5, 0.6) is 23.0 Å². The molecule has 0 heterocycles. The summed E-state index contributed by atoms with van der Waals surface area (Å²) in [7, 11) is 0. The normalized spacial score (nSPS) is 12.2. The Hall–Kier alpha value is -2.40. The van der Waals surface area contributed by atoms with Crippen LogP contribution in [0.3, 0.4) is 0 Å². The molecule has 2 aromatic carbocycles. The van der Waals surface area contributed by atoms with Gasteiger partial charge in [-0.2, -0.15) is 0 Å².